The standard InChI is InChI=1S/C19H26F2N4O2S/c1-3-19(2,24-8-10-27-11-9-24)13-22-16(26)12-25-15-7-5-4-6-14(15)23-18(25)28-17(20)21/h4-7,17H,3,8-13H2,1-2H3,(H,22,26). The monoisotopic (exact) mass is 412 g/mol. The number of carbonyl (C=O) groups excluding carboxylic acids is 1. The summed E-state index contributed by atoms with van der Waals surface area (Å²) >= 11 is 0.360. The molecule has 1 fully saturated rings. The average molecular weight is 413 g/mol. The van der Waals surface area contributed by atoms with Crippen LogP contribution in [0.3, 0.4) is 0 Å². The molecule has 1 atom stereocenters. The van der Waals surface area contributed by atoms with Gasteiger partial charge in [0.25, 0.3) is 5.76 Å². The lowest BCUT2D eigenvalue weighted by Gasteiger charge is -2.43. The molecule has 1 saturated heterocycles. The lowest BCUT2D eigenvalue weighted by Crippen LogP contribution is -2.57. The molecule has 1 aromatic heterocycles. The van der Waals surface area contributed by atoms with Crippen molar-refractivity contribution in [3.05, 3.63) is 24.3 Å². The van der Waals surface area contributed by atoms with Crippen molar-refractivity contribution in [3.63, 3.8) is 0 Å². The van der Waals surface area contributed by atoms with E-state index in [1.165, 1.54) is 0 Å². The zero-order chi connectivity index (χ0) is 20.1. The summed E-state index contributed by atoms with van der Waals surface area (Å²) in [6, 6.07) is 7.15. The smallest absolute Gasteiger partial charge is 0.291 e. The lowest BCUT2D eigenvalue weighted by molar-refractivity contribution is -0.122. The number of aromatic nitrogens is 2. The fourth-order valence-corrected chi connectivity index (χ4v) is 4.03. The zero-order valence-electron chi connectivity index (χ0n) is 16.2. The highest BCUT2D eigenvalue weighted by atomic mass is 32.2. The quantitative estimate of drug-likeness (QED) is 0.676. The van der Waals surface area contributed by atoms with E-state index < -0.39 is 5.76 Å². The van der Waals surface area contributed by atoms with Crippen LogP contribution in [0.5, 0.6) is 0 Å². The number of carbonyl (C=O) groups is 1. The summed E-state index contributed by atoms with van der Waals surface area (Å²) in [4.78, 5) is 19.2. The highest BCUT2D eigenvalue weighted by Crippen LogP contribution is 2.28. The molecule has 1 aliphatic rings. The van der Waals surface area contributed by atoms with E-state index in [0.29, 0.717) is 42.6 Å². The summed E-state index contributed by atoms with van der Waals surface area (Å²) in [6.45, 7) is 7.73. The highest BCUT2D eigenvalue weighted by Gasteiger charge is 2.31. The van der Waals surface area contributed by atoms with Crippen molar-refractivity contribution in [3.8, 4) is 0 Å². The van der Waals surface area contributed by atoms with Crippen molar-refractivity contribution in [2.45, 2.75) is 43.3 Å². The van der Waals surface area contributed by atoms with Crippen LogP contribution in [-0.2, 0) is 16.1 Å². The number of imidazole rings is 1. The van der Waals surface area contributed by atoms with Crippen LogP contribution in [-0.4, -0.2) is 64.5 Å². The number of rotatable bonds is 8. The molecule has 1 unspecified atom stereocenters. The van der Waals surface area contributed by atoms with Crippen LogP contribution in [0.25, 0.3) is 11.0 Å². The fraction of sp³-hybridized carbons (Fsp3) is 0.579. The molecule has 0 radical (unpaired) electrons. The molecule has 28 heavy (non-hydrogen) atoms. The second kappa shape index (κ2) is 9.19. The van der Waals surface area contributed by atoms with Crippen molar-refractivity contribution < 1.29 is 18.3 Å². The van der Waals surface area contributed by atoms with Crippen LogP contribution in [0.4, 0.5) is 8.78 Å². The summed E-state index contributed by atoms with van der Waals surface area (Å²) in [7, 11) is 0. The Morgan fingerprint density at radius 2 is 2.07 bits per heavy atom. The van der Waals surface area contributed by atoms with Crippen molar-refractivity contribution in [1.29, 1.82) is 0 Å². The molecule has 9 heteroatoms. The number of fused-ring (bicyclic) bond motifs is 1. The molecule has 2 heterocycles. The van der Waals surface area contributed by atoms with Gasteiger partial charge in [0.05, 0.1) is 24.2 Å². The summed E-state index contributed by atoms with van der Waals surface area (Å²) in [5.74, 6) is -2.81. The van der Waals surface area contributed by atoms with E-state index in [4.69, 9.17) is 4.74 Å². The number of alkyl halides is 2. The number of thioether (sulfide) groups is 1. The van der Waals surface area contributed by atoms with Crippen LogP contribution in [0.15, 0.2) is 29.4 Å². The third-order valence-corrected chi connectivity index (χ3v) is 6.02. The lowest BCUT2D eigenvalue weighted by atomic mass is 9.95. The summed E-state index contributed by atoms with van der Waals surface area (Å²) in [5.41, 5.74) is 1.11. The number of nitrogens with one attached hydrogen (secondary N) is 1. The number of amides is 1. The molecule has 154 valence electrons. The third kappa shape index (κ3) is 4.82. The van der Waals surface area contributed by atoms with E-state index in [2.05, 4.69) is 29.0 Å². The van der Waals surface area contributed by atoms with Crippen molar-refractivity contribution in [1.82, 2.24) is 19.8 Å². The largest absolute Gasteiger partial charge is 0.379 e. The van der Waals surface area contributed by atoms with E-state index in [-0.39, 0.29) is 23.1 Å². The number of halogens is 2. The zero-order valence-corrected chi connectivity index (χ0v) is 17.0. The minimum Gasteiger partial charge on any atom is -0.379 e. The summed E-state index contributed by atoms with van der Waals surface area (Å²) in [5, 5.41) is 3.14. The Morgan fingerprint density at radius 1 is 1.36 bits per heavy atom. The first-order valence-corrected chi connectivity index (χ1v) is 10.3. The molecule has 1 N–H and O–H groups in total. The van der Waals surface area contributed by atoms with Gasteiger partial charge >= 0.3 is 0 Å². The minimum absolute atomic E-state index is 0.0432. The maximum absolute atomic E-state index is 12.9. The second-order valence-electron chi connectivity index (χ2n) is 7.07. The predicted molar refractivity (Wildman–Crippen MR) is 106 cm³/mol. The van der Waals surface area contributed by atoms with E-state index in [1.807, 2.05) is 6.07 Å². The van der Waals surface area contributed by atoms with Gasteiger partial charge in [0.2, 0.25) is 5.91 Å². The van der Waals surface area contributed by atoms with Crippen molar-refractivity contribution >= 4 is 28.7 Å². The van der Waals surface area contributed by atoms with Crippen LogP contribution in [0, 0.1) is 0 Å². The van der Waals surface area contributed by atoms with Gasteiger partial charge in [0, 0.05) is 25.2 Å². The van der Waals surface area contributed by atoms with Gasteiger partial charge in [-0.3, -0.25) is 9.69 Å². The van der Waals surface area contributed by atoms with Crippen molar-refractivity contribution in [2.24, 2.45) is 0 Å². The Bertz CT molecular complexity index is 810. The van der Waals surface area contributed by atoms with Gasteiger partial charge in [0.1, 0.15) is 6.54 Å². The molecule has 3 rings (SSSR count). The van der Waals surface area contributed by atoms with Gasteiger partial charge in [-0.25, -0.2) is 4.98 Å². The van der Waals surface area contributed by atoms with Gasteiger partial charge in [-0.2, -0.15) is 8.78 Å². The Hall–Kier alpha value is -1.71. The van der Waals surface area contributed by atoms with E-state index in [1.54, 1.807) is 22.8 Å². The molecule has 0 bridgehead atoms. The summed E-state index contributed by atoms with van der Waals surface area (Å²) in [6.07, 6.45) is 0.883. The number of hydrogen-bond donors (Lipinski definition) is 1. The van der Waals surface area contributed by atoms with Gasteiger partial charge in [-0.05, 0) is 37.2 Å². The Balaban J connectivity index is 1.70. The SMILES string of the molecule is CCC(C)(CNC(=O)Cn1c(SC(F)F)nc2ccccc21)N1CCOCC1. The Morgan fingerprint density at radius 3 is 2.75 bits per heavy atom. The minimum atomic E-state index is -2.59. The molecule has 2 aromatic rings. The number of ether oxygens (including phenoxy) is 1. The van der Waals surface area contributed by atoms with Gasteiger partial charge in [0.15, 0.2) is 5.16 Å². The van der Waals surface area contributed by atoms with Crippen molar-refractivity contribution in [2.75, 3.05) is 32.8 Å². The molecule has 0 aliphatic carbocycles. The van der Waals surface area contributed by atoms with Crippen LogP contribution >= 0.6 is 11.8 Å². The topological polar surface area (TPSA) is 59.4 Å². The predicted octanol–water partition coefficient (Wildman–Crippen LogP) is 2.97. The molecule has 0 spiro atoms. The Kier molecular flexibility index (Phi) is 6.90. The second-order valence-corrected chi connectivity index (χ2v) is 8.03. The van der Waals surface area contributed by atoms with Gasteiger partial charge < -0.3 is 14.6 Å². The van der Waals surface area contributed by atoms with E-state index >= 15 is 0 Å². The van der Waals surface area contributed by atoms with Crippen LogP contribution < -0.4 is 5.32 Å². The molecule has 1 aliphatic heterocycles. The first-order valence-electron chi connectivity index (χ1n) is 9.42. The number of hydrogen-bond acceptors (Lipinski definition) is 5. The van der Waals surface area contributed by atoms with Gasteiger partial charge in [-0.1, -0.05) is 19.1 Å². The maximum Gasteiger partial charge on any atom is 0.291 e. The normalized spacial score (nSPS) is 17.8. The summed E-state index contributed by atoms with van der Waals surface area (Å²) < 4.78 is 32.8. The molecule has 1 aromatic carbocycles. The number of morpholine rings is 1. The first kappa shape index (κ1) is 21.0. The fourth-order valence-electron chi connectivity index (χ4n) is 3.43. The maximum atomic E-state index is 12.9. The van der Waals surface area contributed by atoms with Crippen LogP contribution in [0.2, 0.25) is 0 Å². The molecule has 1 amide bonds. The first-order chi connectivity index (χ1) is 13.4. The molecular weight excluding hydrogens is 386 g/mol. The van der Waals surface area contributed by atoms with Crippen LogP contribution in [0.1, 0.15) is 20.3 Å². The Labute approximate surface area is 167 Å². The van der Waals surface area contributed by atoms with E-state index in [9.17, 15) is 13.6 Å². The number of nitrogens with zero attached hydrogens (tertiary/aromatic N) is 3. The average Bonchev–Trinajstić information content (AvgIpc) is 3.03. The van der Waals surface area contributed by atoms with E-state index in [0.717, 1.165) is 19.5 Å². The third-order valence-electron chi connectivity index (χ3n) is 5.32. The van der Waals surface area contributed by atoms with Gasteiger partial charge in [-0.15, -0.1) is 0 Å². The number of benzene rings is 1. The number of para-hydroxylation sites is 2. The molecule has 0 saturated carbocycles. The molecular formula is C19H26F2N4O2S. The molecule has 6 nitrogen and oxygen atoms in total. The highest BCUT2D eigenvalue weighted by molar-refractivity contribution is 7.99.